The highest BCUT2D eigenvalue weighted by Crippen LogP contribution is 2.23. The largest absolute Gasteiger partial charge is 0.353 e. The molecular weight excluding hydrogens is 404 g/mol. The van der Waals surface area contributed by atoms with Crippen molar-refractivity contribution in [2.75, 3.05) is 44.2 Å². The minimum atomic E-state index is 0.107. The van der Waals surface area contributed by atoms with E-state index in [9.17, 15) is 4.79 Å². The van der Waals surface area contributed by atoms with Crippen LogP contribution in [0.1, 0.15) is 18.7 Å². The van der Waals surface area contributed by atoms with Crippen molar-refractivity contribution in [3.8, 4) is 11.4 Å². The van der Waals surface area contributed by atoms with Gasteiger partial charge in [-0.2, -0.15) is 4.98 Å². The van der Waals surface area contributed by atoms with Crippen molar-refractivity contribution in [3.05, 3.63) is 60.6 Å². The second-order valence-corrected chi connectivity index (χ2v) is 8.43. The van der Waals surface area contributed by atoms with Crippen LogP contribution in [0.4, 0.5) is 5.82 Å². The molecule has 2 aromatic heterocycles. The summed E-state index contributed by atoms with van der Waals surface area (Å²) >= 11 is 0. The molecule has 8 heteroatoms. The SMILES string of the molecule is O=C(C1CCN(Cc2nc(-c3ccccc3)no2)CC1)N1CCN(c2ccccn2)CC1. The minimum absolute atomic E-state index is 0.107. The monoisotopic (exact) mass is 432 g/mol. The van der Waals surface area contributed by atoms with E-state index in [1.165, 1.54) is 0 Å². The average molecular weight is 433 g/mol. The standard InChI is InChI=1S/C24H28N6O2/c31-24(30-16-14-29(15-17-30)21-8-4-5-11-25-21)20-9-12-28(13-10-20)18-22-26-23(27-32-22)19-6-2-1-3-7-19/h1-8,11,20H,9-10,12-18H2. The highest BCUT2D eigenvalue weighted by molar-refractivity contribution is 5.79. The number of pyridine rings is 1. The summed E-state index contributed by atoms with van der Waals surface area (Å²) in [4.78, 5) is 28.6. The van der Waals surface area contributed by atoms with Gasteiger partial charge < -0.3 is 14.3 Å². The van der Waals surface area contributed by atoms with Gasteiger partial charge in [-0.25, -0.2) is 4.98 Å². The number of benzene rings is 1. The third kappa shape index (κ3) is 4.65. The fourth-order valence-corrected chi connectivity index (χ4v) is 4.51. The van der Waals surface area contributed by atoms with Gasteiger partial charge in [-0.1, -0.05) is 41.6 Å². The molecule has 5 rings (SSSR count). The molecule has 0 aliphatic carbocycles. The fraction of sp³-hybridized carbons (Fsp3) is 0.417. The number of anilines is 1. The maximum atomic E-state index is 13.1. The Morgan fingerprint density at radius 2 is 1.69 bits per heavy atom. The van der Waals surface area contributed by atoms with Crippen LogP contribution in [-0.2, 0) is 11.3 Å². The van der Waals surface area contributed by atoms with Crippen LogP contribution in [0.3, 0.4) is 0 Å². The zero-order valence-electron chi connectivity index (χ0n) is 18.1. The Bertz CT molecular complexity index is 1010. The highest BCUT2D eigenvalue weighted by atomic mass is 16.5. The van der Waals surface area contributed by atoms with E-state index in [-0.39, 0.29) is 5.92 Å². The summed E-state index contributed by atoms with van der Waals surface area (Å²) in [6.07, 6.45) is 3.56. The first-order chi connectivity index (χ1) is 15.8. The Kier molecular flexibility index (Phi) is 6.11. The molecule has 32 heavy (non-hydrogen) atoms. The Balaban J connectivity index is 1.09. The number of carbonyl (C=O) groups excluding carboxylic acids is 1. The molecule has 4 heterocycles. The van der Waals surface area contributed by atoms with Gasteiger partial charge >= 0.3 is 0 Å². The molecule has 0 saturated carbocycles. The van der Waals surface area contributed by atoms with Crippen LogP contribution in [-0.4, -0.2) is 70.1 Å². The van der Waals surface area contributed by atoms with Crippen LogP contribution in [0.15, 0.2) is 59.3 Å². The number of piperidine rings is 1. The Labute approximate surface area is 187 Å². The normalized spacial score (nSPS) is 18.1. The molecule has 0 spiro atoms. The summed E-state index contributed by atoms with van der Waals surface area (Å²) < 4.78 is 5.45. The first kappa shape index (κ1) is 20.6. The number of likely N-dealkylation sites (tertiary alicyclic amines) is 1. The molecule has 3 aromatic rings. The summed E-state index contributed by atoms with van der Waals surface area (Å²) in [7, 11) is 0. The molecule has 0 N–H and O–H groups in total. The molecule has 0 unspecified atom stereocenters. The smallest absolute Gasteiger partial charge is 0.241 e. The molecule has 2 aliphatic heterocycles. The first-order valence-electron chi connectivity index (χ1n) is 11.3. The zero-order valence-corrected chi connectivity index (χ0v) is 18.1. The molecule has 1 aromatic carbocycles. The van der Waals surface area contributed by atoms with E-state index in [2.05, 4.69) is 24.9 Å². The molecule has 1 amide bonds. The Morgan fingerprint density at radius 1 is 0.938 bits per heavy atom. The number of nitrogens with zero attached hydrogens (tertiary/aromatic N) is 6. The van der Waals surface area contributed by atoms with Crippen molar-refractivity contribution in [2.24, 2.45) is 5.92 Å². The van der Waals surface area contributed by atoms with Crippen molar-refractivity contribution < 1.29 is 9.32 Å². The predicted molar refractivity (Wildman–Crippen MR) is 121 cm³/mol. The van der Waals surface area contributed by atoms with E-state index in [0.29, 0.717) is 24.2 Å². The van der Waals surface area contributed by atoms with Gasteiger partial charge in [0.1, 0.15) is 5.82 Å². The van der Waals surface area contributed by atoms with Crippen molar-refractivity contribution in [3.63, 3.8) is 0 Å². The topological polar surface area (TPSA) is 78.6 Å². The van der Waals surface area contributed by atoms with Crippen molar-refractivity contribution in [2.45, 2.75) is 19.4 Å². The number of carbonyl (C=O) groups is 1. The predicted octanol–water partition coefficient (Wildman–Crippen LogP) is 2.69. The maximum absolute atomic E-state index is 13.1. The molecule has 0 atom stereocenters. The lowest BCUT2D eigenvalue weighted by molar-refractivity contribution is -0.137. The maximum Gasteiger partial charge on any atom is 0.241 e. The van der Waals surface area contributed by atoms with E-state index < -0.39 is 0 Å². The molecule has 2 aliphatic rings. The van der Waals surface area contributed by atoms with Gasteiger partial charge in [-0.3, -0.25) is 9.69 Å². The van der Waals surface area contributed by atoms with Crippen LogP contribution in [0.5, 0.6) is 0 Å². The van der Waals surface area contributed by atoms with E-state index in [4.69, 9.17) is 4.52 Å². The van der Waals surface area contributed by atoms with Gasteiger partial charge in [0.2, 0.25) is 17.6 Å². The highest BCUT2D eigenvalue weighted by Gasteiger charge is 2.31. The van der Waals surface area contributed by atoms with Crippen molar-refractivity contribution >= 4 is 11.7 Å². The molecule has 166 valence electrons. The van der Waals surface area contributed by atoms with Crippen LogP contribution >= 0.6 is 0 Å². The summed E-state index contributed by atoms with van der Waals surface area (Å²) in [5.41, 5.74) is 0.954. The first-order valence-corrected chi connectivity index (χ1v) is 11.3. The molecule has 2 fully saturated rings. The summed E-state index contributed by atoms with van der Waals surface area (Å²) in [6, 6.07) is 15.8. The van der Waals surface area contributed by atoms with Crippen LogP contribution < -0.4 is 4.90 Å². The average Bonchev–Trinajstić information content (AvgIpc) is 3.34. The molecule has 8 nitrogen and oxygen atoms in total. The molecule has 0 bridgehead atoms. The van der Waals surface area contributed by atoms with Crippen LogP contribution in [0.25, 0.3) is 11.4 Å². The summed E-state index contributed by atoms with van der Waals surface area (Å²) in [5.74, 6) is 2.64. The number of hydrogen-bond acceptors (Lipinski definition) is 7. The zero-order chi connectivity index (χ0) is 21.8. The lowest BCUT2D eigenvalue weighted by atomic mass is 9.95. The van der Waals surface area contributed by atoms with Crippen molar-refractivity contribution in [1.82, 2.24) is 24.9 Å². The Hall–Kier alpha value is -3.26. The minimum Gasteiger partial charge on any atom is -0.353 e. The lowest BCUT2D eigenvalue weighted by Crippen LogP contribution is -2.51. The number of aromatic nitrogens is 3. The fourth-order valence-electron chi connectivity index (χ4n) is 4.51. The number of piperazine rings is 1. The summed E-state index contributed by atoms with van der Waals surface area (Å²) in [6.45, 7) is 5.56. The summed E-state index contributed by atoms with van der Waals surface area (Å²) in [5, 5.41) is 4.10. The van der Waals surface area contributed by atoms with Gasteiger partial charge in [0.25, 0.3) is 0 Å². The van der Waals surface area contributed by atoms with Gasteiger partial charge in [0.15, 0.2) is 0 Å². The van der Waals surface area contributed by atoms with Gasteiger partial charge in [0.05, 0.1) is 6.54 Å². The second kappa shape index (κ2) is 9.48. The van der Waals surface area contributed by atoms with E-state index in [1.54, 1.807) is 0 Å². The van der Waals surface area contributed by atoms with E-state index in [1.807, 2.05) is 59.6 Å². The second-order valence-electron chi connectivity index (χ2n) is 8.43. The number of amides is 1. The molecular formula is C24H28N6O2. The quantitative estimate of drug-likeness (QED) is 0.613. The third-order valence-electron chi connectivity index (χ3n) is 6.36. The van der Waals surface area contributed by atoms with Crippen LogP contribution in [0.2, 0.25) is 0 Å². The third-order valence-corrected chi connectivity index (χ3v) is 6.36. The van der Waals surface area contributed by atoms with Gasteiger partial charge in [-0.15, -0.1) is 0 Å². The number of hydrogen-bond donors (Lipinski definition) is 0. The molecule has 0 radical (unpaired) electrons. The van der Waals surface area contributed by atoms with Gasteiger partial charge in [-0.05, 0) is 38.1 Å². The van der Waals surface area contributed by atoms with Crippen molar-refractivity contribution in [1.29, 1.82) is 0 Å². The number of rotatable bonds is 5. The lowest BCUT2D eigenvalue weighted by Gasteiger charge is -2.38. The Morgan fingerprint density at radius 3 is 2.41 bits per heavy atom. The van der Waals surface area contributed by atoms with E-state index >= 15 is 0 Å². The van der Waals surface area contributed by atoms with Crippen LogP contribution in [0, 0.1) is 5.92 Å². The van der Waals surface area contributed by atoms with Gasteiger partial charge in [0, 0.05) is 43.9 Å². The molecule has 2 saturated heterocycles. The van der Waals surface area contributed by atoms with E-state index in [0.717, 1.165) is 63.5 Å².